The van der Waals surface area contributed by atoms with Crippen LogP contribution < -0.4 is 5.32 Å². The van der Waals surface area contributed by atoms with Crippen molar-refractivity contribution in [3.8, 4) is 11.1 Å². The van der Waals surface area contributed by atoms with Gasteiger partial charge in [0, 0.05) is 19.0 Å². The Bertz CT molecular complexity index is 1070. The van der Waals surface area contributed by atoms with Crippen LogP contribution in [0.5, 0.6) is 0 Å². The van der Waals surface area contributed by atoms with Crippen LogP contribution in [-0.4, -0.2) is 53.7 Å². The molecule has 2 aromatic rings. The van der Waals surface area contributed by atoms with Crippen molar-refractivity contribution in [2.45, 2.75) is 32.2 Å². The Balaban J connectivity index is 1.31. The summed E-state index contributed by atoms with van der Waals surface area (Å²) in [6.07, 6.45) is 3.50. The van der Waals surface area contributed by atoms with Crippen molar-refractivity contribution in [2.24, 2.45) is 11.8 Å². The summed E-state index contributed by atoms with van der Waals surface area (Å²) in [6, 6.07) is 16.0. The van der Waals surface area contributed by atoms with E-state index in [9.17, 15) is 14.4 Å². The largest absolute Gasteiger partial charge is 0.481 e. The van der Waals surface area contributed by atoms with Crippen molar-refractivity contribution < 1.29 is 24.2 Å². The van der Waals surface area contributed by atoms with E-state index in [-0.39, 0.29) is 36.9 Å². The Morgan fingerprint density at radius 2 is 1.68 bits per heavy atom. The van der Waals surface area contributed by atoms with Gasteiger partial charge in [-0.2, -0.15) is 0 Å². The highest BCUT2D eigenvalue weighted by Gasteiger charge is 2.32. The number of ether oxygens (including phenoxy) is 1. The van der Waals surface area contributed by atoms with Gasteiger partial charge in [-0.05, 0) is 35.6 Å². The van der Waals surface area contributed by atoms with Crippen LogP contribution in [0.25, 0.3) is 11.1 Å². The molecular formula is C27H30N2O5. The summed E-state index contributed by atoms with van der Waals surface area (Å²) in [5.74, 6) is -2.09. The number of nitrogens with one attached hydrogen (secondary N) is 1. The fourth-order valence-corrected chi connectivity index (χ4v) is 4.80. The van der Waals surface area contributed by atoms with Gasteiger partial charge in [0.1, 0.15) is 6.61 Å². The molecule has 34 heavy (non-hydrogen) atoms. The highest BCUT2D eigenvalue weighted by molar-refractivity contribution is 5.82. The molecule has 0 radical (unpaired) electrons. The number of aliphatic carboxylic acids is 1. The molecule has 2 N–H and O–H groups in total. The van der Waals surface area contributed by atoms with Gasteiger partial charge in [-0.25, -0.2) is 4.79 Å². The Morgan fingerprint density at radius 1 is 1.06 bits per heavy atom. The first-order valence-corrected chi connectivity index (χ1v) is 11.7. The van der Waals surface area contributed by atoms with Gasteiger partial charge in [-0.1, -0.05) is 67.6 Å². The van der Waals surface area contributed by atoms with E-state index in [0.29, 0.717) is 13.0 Å². The van der Waals surface area contributed by atoms with E-state index in [4.69, 9.17) is 9.84 Å². The molecule has 0 saturated heterocycles. The van der Waals surface area contributed by atoms with Crippen molar-refractivity contribution in [3.63, 3.8) is 0 Å². The summed E-state index contributed by atoms with van der Waals surface area (Å²) < 4.78 is 5.60. The normalized spacial score (nSPS) is 19.2. The molecular weight excluding hydrogens is 432 g/mol. The number of alkyl carbamates (subject to hydrolysis) is 1. The maximum atomic E-state index is 12.8. The monoisotopic (exact) mass is 462 g/mol. The van der Waals surface area contributed by atoms with Crippen LogP contribution in [0, 0.1) is 11.8 Å². The molecule has 0 spiro atoms. The van der Waals surface area contributed by atoms with Crippen molar-refractivity contribution >= 4 is 18.0 Å². The lowest BCUT2D eigenvalue weighted by Crippen LogP contribution is -2.41. The highest BCUT2D eigenvalue weighted by atomic mass is 16.5. The minimum atomic E-state index is -0.928. The molecule has 4 rings (SSSR count). The molecule has 2 aromatic carbocycles. The number of carbonyl (C=O) groups is 3. The van der Waals surface area contributed by atoms with Crippen LogP contribution in [0.15, 0.2) is 60.7 Å². The fourth-order valence-electron chi connectivity index (χ4n) is 4.80. The minimum Gasteiger partial charge on any atom is -0.481 e. The van der Waals surface area contributed by atoms with E-state index < -0.39 is 18.0 Å². The first-order valence-electron chi connectivity index (χ1n) is 11.7. The first-order chi connectivity index (χ1) is 16.4. The average Bonchev–Trinajstić information content (AvgIpc) is 3.43. The molecule has 0 aliphatic heterocycles. The van der Waals surface area contributed by atoms with E-state index in [1.54, 1.807) is 24.0 Å². The standard InChI is InChI=1S/C27H30N2O5/c1-3-29(15-17(2)26(31)32)25(30)18-12-13-19(14-18)28-27(33)34-16-24-22-10-6-4-8-20(22)21-9-5-7-11-23(21)24/h4-13,17-19,24H,3,14-16H2,1-2H3,(H,28,33)(H,31,32). The highest BCUT2D eigenvalue weighted by Crippen LogP contribution is 2.44. The zero-order chi connectivity index (χ0) is 24.2. The number of carboxylic acids is 1. The minimum absolute atomic E-state index is 0.0130. The number of nitrogens with zero attached hydrogens (tertiary/aromatic N) is 1. The molecule has 0 heterocycles. The zero-order valence-corrected chi connectivity index (χ0v) is 19.4. The van der Waals surface area contributed by atoms with Gasteiger partial charge in [-0.3, -0.25) is 9.59 Å². The van der Waals surface area contributed by atoms with Crippen molar-refractivity contribution in [2.75, 3.05) is 19.7 Å². The maximum Gasteiger partial charge on any atom is 0.407 e. The number of hydrogen-bond acceptors (Lipinski definition) is 4. The third kappa shape index (κ3) is 4.83. The first kappa shape index (κ1) is 23.5. The summed E-state index contributed by atoms with van der Waals surface area (Å²) in [4.78, 5) is 38.1. The van der Waals surface area contributed by atoms with Gasteiger partial charge in [0.15, 0.2) is 0 Å². The predicted octanol–water partition coefficient (Wildman–Crippen LogP) is 4.04. The van der Waals surface area contributed by atoms with Gasteiger partial charge in [0.2, 0.25) is 5.91 Å². The molecule has 0 bridgehead atoms. The predicted molar refractivity (Wildman–Crippen MR) is 128 cm³/mol. The number of fused-ring (bicyclic) bond motifs is 3. The lowest BCUT2D eigenvalue weighted by atomic mass is 9.98. The van der Waals surface area contributed by atoms with Gasteiger partial charge < -0.3 is 20.1 Å². The van der Waals surface area contributed by atoms with Gasteiger partial charge in [0.05, 0.1) is 17.9 Å². The summed E-state index contributed by atoms with van der Waals surface area (Å²) in [7, 11) is 0. The van der Waals surface area contributed by atoms with E-state index in [1.165, 1.54) is 11.1 Å². The smallest absolute Gasteiger partial charge is 0.407 e. The molecule has 0 fully saturated rings. The number of hydrogen-bond donors (Lipinski definition) is 2. The number of carboxylic acid groups (broad SMARTS) is 1. The number of carbonyl (C=O) groups excluding carboxylic acids is 2. The second-order valence-corrected chi connectivity index (χ2v) is 8.92. The SMILES string of the molecule is CCN(CC(C)C(=O)O)C(=O)C1C=CC(NC(=O)OCC2c3ccccc3-c3ccccc32)C1. The molecule has 2 aliphatic rings. The summed E-state index contributed by atoms with van der Waals surface area (Å²) in [6.45, 7) is 4.25. The number of amides is 2. The van der Waals surface area contributed by atoms with Gasteiger partial charge >= 0.3 is 12.1 Å². The molecule has 2 amide bonds. The number of benzene rings is 2. The molecule has 7 heteroatoms. The topological polar surface area (TPSA) is 95.9 Å². The van der Waals surface area contributed by atoms with Crippen LogP contribution in [0.2, 0.25) is 0 Å². The molecule has 3 unspecified atom stereocenters. The number of rotatable bonds is 8. The lowest BCUT2D eigenvalue weighted by Gasteiger charge is -2.25. The van der Waals surface area contributed by atoms with Crippen LogP contribution in [-0.2, 0) is 14.3 Å². The van der Waals surface area contributed by atoms with E-state index in [1.807, 2.05) is 31.2 Å². The third-order valence-corrected chi connectivity index (χ3v) is 6.66. The summed E-state index contributed by atoms with van der Waals surface area (Å²) in [5.41, 5.74) is 4.64. The van der Waals surface area contributed by atoms with Crippen LogP contribution >= 0.6 is 0 Å². The molecule has 178 valence electrons. The lowest BCUT2D eigenvalue weighted by molar-refractivity contribution is -0.143. The van der Waals surface area contributed by atoms with Crippen molar-refractivity contribution in [1.82, 2.24) is 10.2 Å². The van der Waals surface area contributed by atoms with Crippen molar-refractivity contribution in [3.05, 3.63) is 71.8 Å². The molecule has 7 nitrogen and oxygen atoms in total. The Kier molecular flexibility index (Phi) is 7.01. The summed E-state index contributed by atoms with van der Waals surface area (Å²) >= 11 is 0. The van der Waals surface area contributed by atoms with Crippen molar-refractivity contribution in [1.29, 1.82) is 0 Å². The quantitative estimate of drug-likeness (QED) is 0.578. The molecule has 3 atom stereocenters. The second-order valence-electron chi connectivity index (χ2n) is 8.92. The summed E-state index contributed by atoms with van der Waals surface area (Å²) in [5, 5.41) is 12.0. The molecule has 0 saturated carbocycles. The van der Waals surface area contributed by atoms with Gasteiger partial charge in [-0.15, -0.1) is 0 Å². The van der Waals surface area contributed by atoms with E-state index >= 15 is 0 Å². The van der Waals surface area contributed by atoms with Crippen LogP contribution in [0.1, 0.15) is 37.3 Å². The average molecular weight is 463 g/mol. The van der Waals surface area contributed by atoms with Gasteiger partial charge in [0.25, 0.3) is 0 Å². The molecule has 0 aromatic heterocycles. The second kappa shape index (κ2) is 10.1. The zero-order valence-electron chi connectivity index (χ0n) is 19.4. The van der Waals surface area contributed by atoms with Crippen LogP contribution in [0.4, 0.5) is 4.79 Å². The van der Waals surface area contributed by atoms with E-state index in [0.717, 1.165) is 11.1 Å². The Hall–Kier alpha value is -3.61. The van der Waals surface area contributed by atoms with E-state index in [2.05, 4.69) is 29.6 Å². The Morgan fingerprint density at radius 3 is 2.26 bits per heavy atom. The molecule has 2 aliphatic carbocycles. The fraction of sp³-hybridized carbons (Fsp3) is 0.370. The third-order valence-electron chi connectivity index (χ3n) is 6.66. The maximum absolute atomic E-state index is 12.8. The Labute approximate surface area is 199 Å². The van der Waals surface area contributed by atoms with Crippen LogP contribution in [0.3, 0.4) is 0 Å².